The van der Waals surface area contributed by atoms with Crippen molar-refractivity contribution in [2.24, 2.45) is 0 Å². The quantitative estimate of drug-likeness (QED) is 0.439. The van der Waals surface area contributed by atoms with Crippen molar-refractivity contribution in [3.63, 3.8) is 0 Å². The van der Waals surface area contributed by atoms with E-state index in [0.29, 0.717) is 15.2 Å². The average molecular weight is 503 g/mol. The van der Waals surface area contributed by atoms with Gasteiger partial charge in [0.15, 0.2) is 22.1 Å². The fraction of sp³-hybridized carbons (Fsp3) is 0.0952. The first-order chi connectivity index (χ1) is 14.9. The third-order valence-corrected chi connectivity index (χ3v) is 6.42. The van der Waals surface area contributed by atoms with Crippen LogP contribution in [0.15, 0.2) is 55.6 Å². The lowest BCUT2D eigenvalue weighted by Gasteiger charge is -2.23. The number of halogens is 2. The number of phenols is 1. The molecule has 0 saturated carbocycles. The molecule has 1 amide bonds. The van der Waals surface area contributed by atoms with Crippen LogP contribution in [0.2, 0.25) is 0 Å². The van der Waals surface area contributed by atoms with Gasteiger partial charge in [-0.15, -0.1) is 11.3 Å². The van der Waals surface area contributed by atoms with E-state index >= 15 is 0 Å². The van der Waals surface area contributed by atoms with Gasteiger partial charge in [0.1, 0.15) is 11.4 Å². The van der Waals surface area contributed by atoms with E-state index < -0.39 is 23.2 Å². The van der Waals surface area contributed by atoms with Crippen LogP contribution in [0.1, 0.15) is 27.7 Å². The summed E-state index contributed by atoms with van der Waals surface area (Å²) in [5.74, 6) is -1.23. The molecule has 2 aromatic carbocycles. The van der Waals surface area contributed by atoms with E-state index in [2.05, 4.69) is 20.9 Å². The lowest BCUT2D eigenvalue weighted by molar-refractivity contribution is 0.0971. The predicted molar refractivity (Wildman–Crippen MR) is 116 cm³/mol. The van der Waals surface area contributed by atoms with E-state index in [1.165, 1.54) is 35.5 Å². The fourth-order valence-electron chi connectivity index (χ4n) is 3.70. The summed E-state index contributed by atoms with van der Waals surface area (Å²) in [5, 5.41) is 12.3. The number of aromatic nitrogens is 1. The summed E-state index contributed by atoms with van der Waals surface area (Å²) in [6, 6.07) is 5.77. The van der Waals surface area contributed by atoms with Gasteiger partial charge in [0.25, 0.3) is 5.91 Å². The van der Waals surface area contributed by atoms with Gasteiger partial charge in [-0.25, -0.2) is 9.37 Å². The number of fused-ring (bicyclic) bond motifs is 2. The highest BCUT2D eigenvalue weighted by atomic mass is 79.9. The molecule has 1 aliphatic rings. The second kappa shape index (κ2) is 7.17. The number of hydrogen-bond donors (Lipinski definition) is 1. The molecule has 10 heteroatoms. The highest BCUT2D eigenvalue weighted by molar-refractivity contribution is 9.10. The monoisotopic (exact) mass is 502 g/mol. The maximum absolute atomic E-state index is 13.8. The van der Waals surface area contributed by atoms with Crippen LogP contribution in [0.4, 0.5) is 9.52 Å². The number of anilines is 1. The van der Waals surface area contributed by atoms with E-state index in [4.69, 9.17) is 9.15 Å². The van der Waals surface area contributed by atoms with Crippen molar-refractivity contribution in [3.8, 4) is 11.5 Å². The Morgan fingerprint density at radius 1 is 1.29 bits per heavy atom. The van der Waals surface area contributed by atoms with Crippen molar-refractivity contribution in [3.05, 3.63) is 79.3 Å². The Morgan fingerprint density at radius 3 is 2.81 bits per heavy atom. The Bertz CT molecular complexity index is 1420. The van der Waals surface area contributed by atoms with Gasteiger partial charge in [-0.1, -0.05) is 0 Å². The lowest BCUT2D eigenvalue weighted by atomic mass is 9.98. The van der Waals surface area contributed by atoms with Gasteiger partial charge in [0.2, 0.25) is 5.76 Å². The van der Waals surface area contributed by atoms with Gasteiger partial charge < -0.3 is 14.3 Å². The van der Waals surface area contributed by atoms with E-state index in [-0.39, 0.29) is 33.8 Å². The van der Waals surface area contributed by atoms with Crippen LogP contribution in [-0.2, 0) is 0 Å². The fourth-order valence-corrected chi connectivity index (χ4v) is 4.83. The maximum atomic E-state index is 13.8. The number of rotatable bonds is 3. The zero-order valence-corrected chi connectivity index (χ0v) is 18.2. The summed E-state index contributed by atoms with van der Waals surface area (Å²) in [7, 11) is 1.39. The van der Waals surface area contributed by atoms with Gasteiger partial charge in [0, 0.05) is 11.6 Å². The van der Waals surface area contributed by atoms with Crippen molar-refractivity contribution in [2.75, 3.05) is 12.0 Å². The second-order valence-corrected chi connectivity index (χ2v) is 8.49. The summed E-state index contributed by atoms with van der Waals surface area (Å²) >= 11 is 4.50. The van der Waals surface area contributed by atoms with Crippen molar-refractivity contribution in [1.29, 1.82) is 0 Å². The molecule has 7 nitrogen and oxygen atoms in total. The second-order valence-electron chi connectivity index (χ2n) is 6.76. The van der Waals surface area contributed by atoms with E-state index in [1.54, 1.807) is 17.6 Å². The molecule has 2 aromatic heterocycles. The van der Waals surface area contributed by atoms with Gasteiger partial charge in [-0.05, 0) is 51.8 Å². The van der Waals surface area contributed by atoms with Crippen LogP contribution >= 0.6 is 27.3 Å². The average Bonchev–Trinajstić information content (AvgIpc) is 3.37. The minimum absolute atomic E-state index is 0.0300. The third kappa shape index (κ3) is 2.94. The molecular weight excluding hydrogens is 491 g/mol. The van der Waals surface area contributed by atoms with Gasteiger partial charge in [-0.2, -0.15) is 0 Å². The molecule has 0 aliphatic carbocycles. The number of aromatic hydroxyl groups is 1. The zero-order valence-electron chi connectivity index (χ0n) is 15.8. The first-order valence-corrected chi connectivity index (χ1v) is 10.6. The minimum Gasteiger partial charge on any atom is -0.503 e. The number of carbonyl (C=O) groups is 1. The molecule has 0 bridgehead atoms. The largest absolute Gasteiger partial charge is 0.503 e. The summed E-state index contributed by atoms with van der Waals surface area (Å²) in [5.41, 5.74) is 0.142. The maximum Gasteiger partial charge on any atom is 0.297 e. The van der Waals surface area contributed by atoms with Crippen molar-refractivity contribution in [2.45, 2.75) is 6.04 Å². The Hall–Kier alpha value is -3.24. The van der Waals surface area contributed by atoms with Crippen LogP contribution in [-0.4, -0.2) is 23.1 Å². The molecule has 1 N–H and O–H groups in total. The molecule has 4 aromatic rings. The Labute approximate surface area is 186 Å². The standard InChI is InChI=1S/C21H12BrFN2O5S/c1-29-14-7-9(6-12(22)18(14)27)16-15-17(26)11-8-10(23)2-3-13(11)30-19(15)20(28)25(16)21-24-4-5-31-21/h2-8,16,27H,1H3. The van der Waals surface area contributed by atoms with Crippen LogP contribution in [0, 0.1) is 5.82 Å². The number of nitrogens with zero attached hydrogens (tertiary/aromatic N) is 2. The normalized spacial score (nSPS) is 15.5. The molecule has 0 saturated heterocycles. The molecule has 0 fully saturated rings. The first kappa shape index (κ1) is 19.7. The highest BCUT2D eigenvalue weighted by Gasteiger charge is 2.45. The Morgan fingerprint density at radius 2 is 2.10 bits per heavy atom. The number of amides is 1. The number of phenolic OH excluding ortho intramolecular Hbond substituents is 1. The number of hydrogen-bond acceptors (Lipinski definition) is 7. The van der Waals surface area contributed by atoms with Crippen LogP contribution < -0.4 is 15.1 Å². The van der Waals surface area contributed by atoms with Crippen LogP contribution in [0.3, 0.4) is 0 Å². The van der Waals surface area contributed by atoms with Gasteiger partial charge in [-0.3, -0.25) is 14.5 Å². The molecule has 31 heavy (non-hydrogen) atoms. The van der Waals surface area contributed by atoms with Gasteiger partial charge >= 0.3 is 0 Å². The lowest BCUT2D eigenvalue weighted by Crippen LogP contribution is -2.29. The molecule has 0 radical (unpaired) electrons. The van der Waals surface area contributed by atoms with E-state index in [9.17, 15) is 19.1 Å². The summed E-state index contributed by atoms with van der Waals surface area (Å²) in [6.07, 6.45) is 1.54. The first-order valence-electron chi connectivity index (χ1n) is 8.96. The number of ether oxygens (including phenoxy) is 1. The molecule has 3 heterocycles. The summed E-state index contributed by atoms with van der Waals surface area (Å²) in [4.78, 5) is 32.3. The summed E-state index contributed by atoms with van der Waals surface area (Å²) < 4.78 is 25.2. The SMILES string of the molecule is COc1cc(C2c3c(oc4ccc(F)cc4c3=O)C(=O)N2c2nccs2)cc(Br)c1O. The molecule has 1 atom stereocenters. The predicted octanol–water partition coefficient (Wildman–Crippen LogP) is 4.62. The van der Waals surface area contributed by atoms with Crippen molar-refractivity contribution in [1.82, 2.24) is 4.98 Å². The third-order valence-electron chi connectivity index (χ3n) is 5.04. The highest BCUT2D eigenvalue weighted by Crippen LogP contribution is 2.45. The smallest absolute Gasteiger partial charge is 0.297 e. The molecule has 156 valence electrons. The molecule has 5 rings (SSSR count). The summed E-state index contributed by atoms with van der Waals surface area (Å²) in [6.45, 7) is 0. The van der Waals surface area contributed by atoms with Crippen LogP contribution in [0.25, 0.3) is 11.0 Å². The number of thiazole rings is 1. The Balaban J connectivity index is 1.85. The van der Waals surface area contributed by atoms with Crippen LogP contribution in [0.5, 0.6) is 11.5 Å². The molecule has 1 aliphatic heterocycles. The van der Waals surface area contributed by atoms with Gasteiger partial charge in [0.05, 0.1) is 28.6 Å². The van der Waals surface area contributed by atoms with Crippen molar-refractivity contribution < 1.29 is 23.4 Å². The van der Waals surface area contributed by atoms with E-state index in [1.807, 2.05) is 0 Å². The molecular formula is C21H12BrFN2O5S. The van der Waals surface area contributed by atoms with Crippen molar-refractivity contribution >= 4 is 49.3 Å². The van der Waals surface area contributed by atoms with E-state index in [0.717, 1.165) is 12.1 Å². The number of carbonyl (C=O) groups excluding carboxylic acids is 1. The molecule has 0 spiro atoms. The zero-order chi connectivity index (χ0) is 21.9. The number of methoxy groups -OCH3 is 1. The number of benzene rings is 2. The minimum atomic E-state index is -0.914. The Kier molecular flexibility index (Phi) is 4.56. The topological polar surface area (TPSA) is 92.9 Å². The molecule has 1 unspecified atom stereocenters.